The van der Waals surface area contributed by atoms with Gasteiger partial charge in [-0.2, -0.15) is 0 Å². The van der Waals surface area contributed by atoms with E-state index >= 15 is 0 Å². The maximum Gasteiger partial charge on any atom is 0.291 e. The normalized spacial score (nSPS) is 11.1. The van der Waals surface area contributed by atoms with Gasteiger partial charge in [0.1, 0.15) is 18.1 Å². The van der Waals surface area contributed by atoms with E-state index in [1.807, 2.05) is 31.2 Å². The zero-order valence-corrected chi connectivity index (χ0v) is 19.4. The number of benzene rings is 2. The Hall–Kier alpha value is -3.89. The zero-order chi connectivity index (χ0) is 24.1. The van der Waals surface area contributed by atoms with Crippen LogP contribution in [-0.4, -0.2) is 24.5 Å². The van der Waals surface area contributed by atoms with Gasteiger partial charge in [0.05, 0.1) is 4.90 Å². The molecule has 0 aliphatic rings. The first-order valence-corrected chi connectivity index (χ1v) is 11.9. The highest BCUT2D eigenvalue weighted by atomic mass is 35.5. The first-order valence-electron chi connectivity index (χ1n) is 10.0. The highest BCUT2D eigenvalue weighted by Gasteiger charge is 2.16. The fraction of sp³-hybridized carbons (Fsp3) is 0.0870. The molecule has 2 aromatic heterocycles. The molecular weight excluding hydrogens is 480 g/mol. The van der Waals surface area contributed by atoms with Gasteiger partial charge in [0.15, 0.2) is 16.7 Å². The van der Waals surface area contributed by atoms with Crippen LogP contribution in [0.2, 0.25) is 5.15 Å². The molecule has 1 amide bonds. The van der Waals surface area contributed by atoms with E-state index in [2.05, 4.69) is 20.2 Å². The monoisotopic (exact) mass is 498 g/mol. The van der Waals surface area contributed by atoms with Crippen LogP contribution in [0.5, 0.6) is 5.75 Å². The van der Waals surface area contributed by atoms with Crippen LogP contribution in [0.25, 0.3) is 0 Å². The lowest BCUT2D eigenvalue weighted by Crippen LogP contribution is -2.15. The molecule has 0 atom stereocenters. The van der Waals surface area contributed by atoms with Gasteiger partial charge >= 0.3 is 0 Å². The molecular formula is C23H19ClN4O5S. The van der Waals surface area contributed by atoms with Crippen LogP contribution in [0.3, 0.4) is 0 Å². The largest absolute Gasteiger partial charge is 0.486 e. The van der Waals surface area contributed by atoms with E-state index in [1.54, 1.807) is 12.1 Å². The Labute approximate surface area is 200 Å². The first kappa shape index (κ1) is 23.3. The number of carbonyl (C=O) groups is 1. The molecule has 4 aromatic rings. The van der Waals surface area contributed by atoms with Gasteiger partial charge in [0.2, 0.25) is 0 Å². The summed E-state index contributed by atoms with van der Waals surface area (Å²) in [6.07, 6.45) is 0. The third-order valence-corrected chi connectivity index (χ3v) is 6.12. The Kier molecular flexibility index (Phi) is 6.80. The standard InChI is InChI=1S/C23H19ClN4O5S/c1-15-3-2-4-17(13-15)32-14-18-7-10-20(33-18)23(29)25-16-5-8-19(9-6-16)34(30,31)28-22-12-11-21(24)26-27-22/h2-13H,14H2,1H3,(H,25,29)(H,27,28). The van der Waals surface area contributed by atoms with E-state index in [0.717, 1.165) is 5.56 Å². The van der Waals surface area contributed by atoms with E-state index in [1.165, 1.54) is 36.4 Å². The smallest absolute Gasteiger partial charge is 0.291 e. The van der Waals surface area contributed by atoms with E-state index < -0.39 is 15.9 Å². The number of amides is 1. The predicted octanol–water partition coefficient (Wildman–Crippen LogP) is 4.66. The van der Waals surface area contributed by atoms with Crippen LogP contribution >= 0.6 is 11.6 Å². The second-order valence-electron chi connectivity index (χ2n) is 7.20. The Morgan fingerprint density at radius 3 is 2.53 bits per heavy atom. The molecule has 0 radical (unpaired) electrons. The van der Waals surface area contributed by atoms with Crippen molar-refractivity contribution in [1.82, 2.24) is 10.2 Å². The maximum absolute atomic E-state index is 12.5. The van der Waals surface area contributed by atoms with Gasteiger partial charge in [-0.15, -0.1) is 10.2 Å². The number of sulfonamides is 1. The molecule has 0 fully saturated rings. The van der Waals surface area contributed by atoms with E-state index in [4.69, 9.17) is 20.8 Å². The summed E-state index contributed by atoms with van der Waals surface area (Å²) < 4.78 is 38.5. The van der Waals surface area contributed by atoms with Crippen LogP contribution in [0.4, 0.5) is 11.5 Å². The lowest BCUT2D eigenvalue weighted by atomic mass is 10.2. The van der Waals surface area contributed by atoms with Crippen molar-refractivity contribution in [2.45, 2.75) is 18.4 Å². The molecule has 0 spiro atoms. The Morgan fingerprint density at radius 1 is 1.03 bits per heavy atom. The number of nitrogens with one attached hydrogen (secondary N) is 2. The van der Waals surface area contributed by atoms with Crippen molar-refractivity contribution in [3.63, 3.8) is 0 Å². The molecule has 4 rings (SSSR count). The van der Waals surface area contributed by atoms with Gasteiger partial charge in [-0.05, 0) is 73.2 Å². The second-order valence-corrected chi connectivity index (χ2v) is 9.27. The van der Waals surface area contributed by atoms with Gasteiger partial charge < -0.3 is 14.5 Å². The molecule has 11 heteroatoms. The molecule has 174 valence electrons. The summed E-state index contributed by atoms with van der Waals surface area (Å²) in [5.74, 6) is 0.843. The molecule has 0 saturated carbocycles. The Morgan fingerprint density at radius 2 is 1.82 bits per heavy atom. The average molecular weight is 499 g/mol. The number of hydrogen-bond donors (Lipinski definition) is 2. The van der Waals surface area contributed by atoms with Gasteiger partial charge in [-0.1, -0.05) is 23.7 Å². The van der Waals surface area contributed by atoms with Gasteiger partial charge in [0, 0.05) is 5.69 Å². The van der Waals surface area contributed by atoms with Crippen molar-refractivity contribution >= 4 is 39.0 Å². The second kappa shape index (κ2) is 9.94. The van der Waals surface area contributed by atoms with Gasteiger partial charge in [-0.3, -0.25) is 9.52 Å². The molecule has 34 heavy (non-hydrogen) atoms. The summed E-state index contributed by atoms with van der Waals surface area (Å²) in [5, 5.41) is 10.1. The Bertz CT molecular complexity index is 1400. The number of rotatable bonds is 8. The molecule has 2 heterocycles. The minimum absolute atomic E-state index is 0.0177. The molecule has 0 saturated heterocycles. The van der Waals surface area contributed by atoms with E-state index in [-0.39, 0.29) is 28.2 Å². The summed E-state index contributed by atoms with van der Waals surface area (Å²) in [5.41, 5.74) is 1.47. The highest BCUT2D eigenvalue weighted by Crippen LogP contribution is 2.19. The van der Waals surface area contributed by atoms with Crippen LogP contribution in [0.15, 0.2) is 82.1 Å². The highest BCUT2D eigenvalue weighted by molar-refractivity contribution is 7.92. The lowest BCUT2D eigenvalue weighted by Gasteiger charge is -2.08. The first-order chi connectivity index (χ1) is 16.3. The molecule has 0 unspecified atom stereocenters. The number of aryl methyl sites for hydroxylation is 1. The van der Waals surface area contributed by atoms with Crippen LogP contribution in [-0.2, 0) is 16.6 Å². The lowest BCUT2D eigenvalue weighted by molar-refractivity contribution is 0.0992. The third-order valence-electron chi connectivity index (χ3n) is 4.55. The molecule has 0 bridgehead atoms. The molecule has 0 aliphatic heterocycles. The van der Waals surface area contributed by atoms with Gasteiger partial charge in [0.25, 0.3) is 15.9 Å². The number of anilines is 2. The van der Waals surface area contributed by atoms with Gasteiger partial charge in [-0.25, -0.2) is 8.42 Å². The number of nitrogens with zero attached hydrogens (tertiary/aromatic N) is 2. The average Bonchev–Trinajstić information content (AvgIpc) is 3.29. The van der Waals surface area contributed by atoms with Crippen molar-refractivity contribution in [3.05, 3.63) is 95.0 Å². The SMILES string of the molecule is Cc1cccc(OCc2ccc(C(=O)Nc3ccc(S(=O)(=O)Nc4ccc(Cl)nn4)cc3)o2)c1. The number of halogens is 1. The van der Waals surface area contributed by atoms with Crippen molar-refractivity contribution in [2.24, 2.45) is 0 Å². The molecule has 0 aliphatic carbocycles. The molecule has 2 N–H and O–H groups in total. The summed E-state index contributed by atoms with van der Waals surface area (Å²) in [7, 11) is -3.89. The minimum atomic E-state index is -3.89. The third kappa shape index (κ3) is 5.91. The van der Waals surface area contributed by atoms with Crippen LogP contribution < -0.4 is 14.8 Å². The topological polar surface area (TPSA) is 123 Å². The number of aromatic nitrogens is 2. The summed E-state index contributed by atoms with van der Waals surface area (Å²) >= 11 is 5.65. The quantitative estimate of drug-likeness (QED) is 0.362. The minimum Gasteiger partial charge on any atom is -0.486 e. The summed E-state index contributed by atoms with van der Waals surface area (Å²) in [6, 6.07) is 19.2. The zero-order valence-electron chi connectivity index (χ0n) is 17.9. The number of carbonyl (C=O) groups excluding carboxylic acids is 1. The number of ether oxygens (including phenoxy) is 1. The predicted molar refractivity (Wildman–Crippen MR) is 126 cm³/mol. The van der Waals surface area contributed by atoms with Crippen molar-refractivity contribution in [3.8, 4) is 5.75 Å². The van der Waals surface area contributed by atoms with Crippen LogP contribution in [0, 0.1) is 6.92 Å². The van der Waals surface area contributed by atoms with Crippen molar-refractivity contribution in [2.75, 3.05) is 10.0 Å². The fourth-order valence-corrected chi connectivity index (χ4v) is 4.01. The van der Waals surface area contributed by atoms with Crippen molar-refractivity contribution < 1.29 is 22.4 Å². The maximum atomic E-state index is 12.5. The summed E-state index contributed by atoms with van der Waals surface area (Å²) in [4.78, 5) is 12.5. The van der Waals surface area contributed by atoms with Crippen molar-refractivity contribution in [1.29, 1.82) is 0 Å². The number of furan rings is 1. The fourth-order valence-electron chi connectivity index (χ4n) is 2.91. The molecule has 9 nitrogen and oxygen atoms in total. The summed E-state index contributed by atoms with van der Waals surface area (Å²) in [6.45, 7) is 2.14. The van der Waals surface area contributed by atoms with E-state index in [0.29, 0.717) is 17.2 Å². The number of hydrogen-bond acceptors (Lipinski definition) is 7. The molecule has 2 aromatic carbocycles. The Balaban J connectivity index is 1.36. The van der Waals surface area contributed by atoms with Crippen LogP contribution in [0.1, 0.15) is 21.9 Å². The van der Waals surface area contributed by atoms with E-state index in [9.17, 15) is 13.2 Å².